The number of nitrogens with two attached hydrogens (primary N) is 1. The van der Waals surface area contributed by atoms with Crippen molar-refractivity contribution in [2.45, 2.75) is 27.2 Å². The van der Waals surface area contributed by atoms with Crippen LogP contribution in [0.4, 0.5) is 8.78 Å². The second-order valence-corrected chi connectivity index (χ2v) is 5.79. The van der Waals surface area contributed by atoms with Crippen LogP contribution >= 0.6 is 0 Å². The van der Waals surface area contributed by atoms with Crippen molar-refractivity contribution >= 4 is 16.9 Å². The van der Waals surface area contributed by atoms with E-state index in [-0.39, 0.29) is 22.3 Å². The molecule has 2 heterocycles. The van der Waals surface area contributed by atoms with E-state index in [1.807, 2.05) is 0 Å². The molecule has 2 aromatic heterocycles. The number of carbonyl (C=O) groups is 1. The lowest BCUT2D eigenvalue weighted by Crippen LogP contribution is -2.15. The fourth-order valence-corrected chi connectivity index (χ4v) is 3.03. The van der Waals surface area contributed by atoms with Gasteiger partial charge in [-0.05, 0) is 32.4 Å². The summed E-state index contributed by atoms with van der Waals surface area (Å²) in [7, 11) is 0. The van der Waals surface area contributed by atoms with Gasteiger partial charge in [-0.15, -0.1) is 0 Å². The van der Waals surface area contributed by atoms with Crippen molar-refractivity contribution in [3.63, 3.8) is 0 Å². The number of aryl methyl sites for hydroxylation is 2. The van der Waals surface area contributed by atoms with Gasteiger partial charge in [0.2, 0.25) is 0 Å². The third-order valence-electron chi connectivity index (χ3n) is 4.15. The molecule has 0 atom stereocenters. The zero-order valence-corrected chi connectivity index (χ0v) is 13.8. The van der Waals surface area contributed by atoms with Gasteiger partial charge in [0.25, 0.3) is 12.3 Å². The second kappa shape index (κ2) is 5.80. The van der Waals surface area contributed by atoms with Crippen LogP contribution in [0.1, 0.15) is 39.4 Å². The minimum Gasteiger partial charge on any atom is -0.508 e. The average Bonchev–Trinajstić information content (AvgIpc) is 2.86. The summed E-state index contributed by atoms with van der Waals surface area (Å²) in [5.74, 6) is -0.672. The van der Waals surface area contributed by atoms with Gasteiger partial charge in [0.15, 0.2) is 0 Å². The predicted octanol–water partition coefficient (Wildman–Crippen LogP) is 3.09. The maximum absolute atomic E-state index is 13.9. The number of phenols is 1. The molecule has 0 aliphatic heterocycles. The number of hydrogen-bond donors (Lipinski definition) is 2. The number of nitrogens with zero attached hydrogens (tertiary/aromatic N) is 3. The number of amides is 1. The number of hydrogen-bond acceptors (Lipinski definition) is 4. The molecule has 1 amide bonds. The van der Waals surface area contributed by atoms with E-state index >= 15 is 0 Å². The van der Waals surface area contributed by atoms with E-state index in [4.69, 9.17) is 5.73 Å². The van der Waals surface area contributed by atoms with Crippen molar-refractivity contribution < 1.29 is 18.7 Å². The highest BCUT2D eigenvalue weighted by molar-refractivity contribution is 6.07. The molecule has 0 saturated heterocycles. The maximum atomic E-state index is 13.9. The molecule has 0 aliphatic carbocycles. The molecule has 25 heavy (non-hydrogen) atoms. The summed E-state index contributed by atoms with van der Waals surface area (Å²) < 4.78 is 29.0. The number of halogens is 2. The van der Waals surface area contributed by atoms with Crippen LogP contribution in [-0.2, 0) is 0 Å². The van der Waals surface area contributed by atoms with Crippen molar-refractivity contribution in [2.75, 3.05) is 0 Å². The summed E-state index contributed by atoms with van der Waals surface area (Å²) in [5.41, 5.74) is 6.01. The Labute approximate surface area is 141 Å². The largest absolute Gasteiger partial charge is 0.508 e. The number of phenolic OH excluding ortho intramolecular Hbond substituents is 1. The Morgan fingerprint density at radius 1 is 1.28 bits per heavy atom. The standard InChI is InChI=1S/C17H16F2N4O2/c1-7-4-5-11(24)8(2)13(7)23-14(15(18)19)12(16(20)25)10-6-21-9(3)22-17(10)23/h4-6,15,24H,1-3H3,(H2,20,25). The summed E-state index contributed by atoms with van der Waals surface area (Å²) in [6.45, 7) is 4.95. The number of carbonyl (C=O) groups excluding carboxylic acids is 1. The molecule has 1 aromatic carbocycles. The van der Waals surface area contributed by atoms with Crippen LogP contribution in [0.5, 0.6) is 5.75 Å². The molecule has 8 heteroatoms. The van der Waals surface area contributed by atoms with Crippen molar-refractivity contribution in [1.29, 1.82) is 0 Å². The van der Waals surface area contributed by atoms with E-state index in [9.17, 15) is 18.7 Å². The van der Waals surface area contributed by atoms with E-state index < -0.39 is 18.0 Å². The second-order valence-electron chi connectivity index (χ2n) is 5.79. The van der Waals surface area contributed by atoms with Crippen LogP contribution < -0.4 is 5.73 Å². The number of benzene rings is 1. The Balaban J connectivity index is 2.59. The van der Waals surface area contributed by atoms with Gasteiger partial charge >= 0.3 is 0 Å². The Morgan fingerprint density at radius 2 is 1.96 bits per heavy atom. The van der Waals surface area contributed by atoms with Gasteiger partial charge in [-0.2, -0.15) is 0 Å². The normalized spacial score (nSPS) is 11.4. The minimum atomic E-state index is -2.97. The van der Waals surface area contributed by atoms with E-state index in [0.29, 0.717) is 22.6 Å². The minimum absolute atomic E-state index is 0.0472. The number of alkyl halides is 2. The first-order chi connectivity index (χ1) is 11.7. The summed E-state index contributed by atoms with van der Waals surface area (Å²) in [4.78, 5) is 20.1. The molecule has 3 rings (SSSR count). The lowest BCUT2D eigenvalue weighted by Gasteiger charge is -2.16. The number of rotatable bonds is 3. The zero-order valence-electron chi connectivity index (χ0n) is 13.8. The van der Waals surface area contributed by atoms with Crippen LogP contribution in [-0.4, -0.2) is 25.5 Å². The SMILES string of the molecule is Cc1ncc2c(C(N)=O)c(C(F)F)n(-c3c(C)ccc(O)c3C)c2n1. The van der Waals surface area contributed by atoms with Gasteiger partial charge in [-0.3, -0.25) is 9.36 Å². The first kappa shape index (κ1) is 16.8. The fourth-order valence-electron chi connectivity index (χ4n) is 3.03. The molecular weight excluding hydrogens is 330 g/mol. The molecule has 6 nitrogen and oxygen atoms in total. The van der Waals surface area contributed by atoms with Gasteiger partial charge in [-0.1, -0.05) is 6.07 Å². The quantitative estimate of drug-likeness (QED) is 0.762. The molecule has 0 unspecified atom stereocenters. The molecule has 0 bridgehead atoms. The average molecular weight is 346 g/mol. The molecule has 0 saturated carbocycles. The molecule has 0 radical (unpaired) electrons. The lowest BCUT2D eigenvalue weighted by atomic mass is 10.1. The monoisotopic (exact) mass is 346 g/mol. The van der Waals surface area contributed by atoms with Crippen LogP contribution in [0.15, 0.2) is 18.3 Å². The van der Waals surface area contributed by atoms with Crippen molar-refractivity contribution in [3.8, 4) is 11.4 Å². The molecule has 130 valence electrons. The van der Waals surface area contributed by atoms with Crippen LogP contribution in [0.25, 0.3) is 16.7 Å². The molecule has 0 fully saturated rings. The van der Waals surface area contributed by atoms with Crippen LogP contribution in [0.3, 0.4) is 0 Å². The summed E-state index contributed by atoms with van der Waals surface area (Å²) in [6, 6.07) is 3.09. The van der Waals surface area contributed by atoms with Crippen molar-refractivity contribution in [2.24, 2.45) is 5.73 Å². The smallest absolute Gasteiger partial charge is 0.279 e. The number of aromatic hydroxyl groups is 1. The Hall–Kier alpha value is -3.03. The zero-order chi connectivity index (χ0) is 18.5. The van der Waals surface area contributed by atoms with Crippen molar-refractivity contribution in [3.05, 3.63) is 46.5 Å². The van der Waals surface area contributed by atoms with E-state index in [2.05, 4.69) is 9.97 Å². The predicted molar refractivity (Wildman–Crippen MR) is 88.2 cm³/mol. The molecule has 3 aromatic rings. The molecule has 3 N–H and O–H groups in total. The van der Waals surface area contributed by atoms with E-state index in [0.717, 1.165) is 0 Å². The van der Waals surface area contributed by atoms with E-state index in [1.165, 1.54) is 16.8 Å². The summed E-state index contributed by atoms with van der Waals surface area (Å²) in [5, 5.41) is 10.2. The van der Waals surface area contributed by atoms with Gasteiger partial charge in [0, 0.05) is 11.8 Å². The fraction of sp³-hybridized carbons (Fsp3) is 0.235. The molecular formula is C17H16F2N4O2. The third kappa shape index (κ3) is 2.50. The van der Waals surface area contributed by atoms with E-state index in [1.54, 1.807) is 26.8 Å². The molecule has 0 spiro atoms. The van der Waals surface area contributed by atoms with Crippen LogP contribution in [0.2, 0.25) is 0 Å². The highest BCUT2D eigenvalue weighted by atomic mass is 19.3. The first-order valence-electron chi connectivity index (χ1n) is 7.49. The molecule has 0 aliphatic rings. The topological polar surface area (TPSA) is 94.0 Å². The number of fused-ring (bicyclic) bond motifs is 1. The number of primary amides is 1. The van der Waals surface area contributed by atoms with Gasteiger partial charge in [0.1, 0.15) is 22.9 Å². The van der Waals surface area contributed by atoms with Gasteiger partial charge in [-0.25, -0.2) is 18.7 Å². The Morgan fingerprint density at radius 3 is 2.56 bits per heavy atom. The Kier molecular flexibility index (Phi) is 3.90. The van der Waals surface area contributed by atoms with Gasteiger partial charge in [0.05, 0.1) is 16.6 Å². The van der Waals surface area contributed by atoms with Crippen molar-refractivity contribution in [1.82, 2.24) is 14.5 Å². The first-order valence-corrected chi connectivity index (χ1v) is 7.49. The van der Waals surface area contributed by atoms with Gasteiger partial charge < -0.3 is 10.8 Å². The number of aromatic nitrogens is 3. The third-order valence-corrected chi connectivity index (χ3v) is 4.15. The lowest BCUT2D eigenvalue weighted by molar-refractivity contribution is 0.0985. The highest BCUT2D eigenvalue weighted by Gasteiger charge is 2.30. The summed E-state index contributed by atoms with van der Waals surface area (Å²) >= 11 is 0. The van der Waals surface area contributed by atoms with Crippen LogP contribution in [0, 0.1) is 20.8 Å². The highest BCUT2D eigenvalue weighted by Crippen LogP contribution is 2.37. The summed E-state index contributed by atoms with van der Waals surface area (Å²) in [6.07, 6.45) is -1.66. The maximum Gasteiger partial charge on any atom is 0.279 e. The Bertz CT molecular complexity index is 1010.